The molecule has 0 aliphatic heterocycles. The van der Waals surface area contributed by atoms with Gasteiger partial charge in [-0.25, -0.2) is 4.57 Å². The van der Waals surface area contributed by atoms with E-state index in [4.69, 9.17) is 23.6 Å². The van der Waals surface area contributed by atoms with Crippen LogP contribution in [0.3, 0.4) is 0 Å². The first-order chi connectivity index (χ1) is 26.8. The van der Waals surface area contributed by atoms with E-state index in [2.05, 4.69) is 38.2 Å². The zero-order valence-electron chi connectivity index (χ0n) is 35.7. The molecule has 0 aliphatic carbocycles. The molecule has 9 nitrogen and oxygen atoms in total. The molecule has 0 bridgehead atoms. The zero-order chi connectivity index (χ0) is 40.3. The molecule has 0 saturated heterocycles. The Morgan fingerprint density at radius 1 is 0.564 bits per heavy atom. The number of allylic oxidation sites excluding steroid dienone is 4. The molecular weight excluding hydrogens is 715 g/mol. The number of hydrogen-bond acceptors (Lipinski definition) is 8. The number of unbranched alkanes of at least 4 members (excludes halogenated alkanes) is 26. The molecule has 0 aromatic rings. The van der Waals surface area contributed by atoms with Crippen molar-refractivity contribution in [2.75, 3.05) is 33.0 Å². The van der Waals surface area contributed by atoms with E-state index in [-0.39, 0.29) is 25.6 Å². The number of ether oxygens (including phenoxy) is 2. The van der Waals surface area contributed by atoms with Crippen LogP contribution in [0, 0.1) is 0 Å². The highest BCUT2D eigenvalue weighted by molar-refractivity contribution is 7.47. The minimum absolute atomic E-state index is 0.0504. The van der Waals surface area contributed by atoms with E-state index in [1.54, 1.807) is 0 Å². The second kappa shape index (κ2) is 42.5. The molecule has 0 aromatic heterocycles. The molecule has 0 heterocycles. The lowest BCUT2D eigenvalue weighted by Crippen LogP contribution is -2.29. The van der Waals surface area contributed by atoms with E-state index in [1.165, 1.54) is 141 Å². The van der Waals surface area contributed by atoms with Crippen molar-refractivity contribution in [2.45, 2.75) is 225 Å². The van der Waals surface area contributed by atoms with Gasteiger partial charge in [-0.1, -0.05) is 186 Å². The topological polar surface area (TPSA) is 132 Å². The van der Waals surface area contributed by atoms with Crippen molar-refractivity contribution < 1.29 is 43.0 Å². The Morgan fingerprint density at radius 3 is 1.47 bits per heavy atom. The summed E-state index contributed by atoms with van der Waals surface area (Å²) in [6.45, 7) is 3.53. The number of carbonyl (C=O) groups is 1. The van der Waals surface area contributed by atoms with Crippen LogP contribution in [0.1, 0.15) is 213 Å². The molecule has 0 rings (SSSR count). The second-order valence-corrected chi connectivity index (χ2v) is 16.9. The van der Waals surface area contributed by atoms with Crippen LogP contribution in [-0.2, 0) is 27.9 Å². The molecule has 326 valence electrons. The van der Waals surface area contributed by atoms with E-state index in [0.29, 0.717) is 6.61 Å². The normalized spacial score (nSPS) is 14.2. The molecule has 3 N–H and O–H groups in total. The van der Waals surface area contributed by atoms with E-state index in [9.17, 15) is 19.4 Å². The van der Waals surface area contributed by atoms with E-state index in [1.807, 2.05) is 0 Å². The molecule has 0 fully saturated rings. The van der Waals surface area contributed by atoms with Crippen LogP contribution < -0.4 is 0 Å². The lowest BCUT2D eigenvalue weighted by atomic mass is 10.0. The first-order valence-electron chi connectivity index (χ1n) is 22.8. The Bertz CT molecular complexity index is 913. The van der Waals surface area contributed by atoms with Gasteiger partial charge < -0.3 is 24.6 Å². The van der Waals surface area contributed by atoms with Crippen LogP contribution in [0.5, 0.6) is 0 Å². The number of aliphatic hydroxyl groups is 2. The van der Waals surface area contributed by atoms with Gasteiger partial charge in [0.2, 0.25) is 0 Å². The lowest BCUT2D eigenvalue weighted by Gasteiger charge is -2.20. The third-order valence-electron chi connectivity index (χ3n) is 9.89. The molecule has 0 radical (unpaired) electrons. The van der Waals surface area contributed by atoms with Crippen LogP contribution in [-0.4, -0.2) is 66.3 Å². The van der Waals surface area contributed by atoms with Crippen LogP contribution in [0.25, 0.3) is 0 Å². The SMILES string of the molecule is CCCCCC/C=C\C/C=C\CCCCCCCCCC(=O)OC(COCCCCCCCCCCCCCCCCCC)COP(=O)(O)OCC(O)CO. The van der Waals surface area contributed by atoms with Gasteiger partial charge in [0, 0.05) is 13.0 Å². The quantitative estimate of drug-likeness (QED) is 0.0238. The molecule has 3 unspecified atom stereocenters. The maximum absolute atomic E-state index is 12.6. The van der Waals surface area contributed by atoms with Crippen molar-refractivity contribution in [1.29, 1.82) is 0 Å². The fraction of sp³-hybridized carbons (Fsp3) is 0.889. The summed E-state index contributed by atoms with van der Waals surface area (Å²) in [6, 6.07) is 0. The summed E-state index contributed by atoms with van der Waals surface area (Å²) in [5, 5.41) is 18.4. The summed E-state index contributed by atoms with van der Waals surface area (Å²) in [5.74, 6) is -0.387. The maximum atomic E-state index is 12.6. The number of esters is 1. The van der Waals surface area contributed by atoms with E-state index >= 15 is 0 Å². The van der Waals surface area contributed by atoms with Gasteiger partial charge in [0.15, 0.2) is 0 Å². The van der Waals surface area contributed by atoms with Gasteiger partial charge in [-0.3, -0.25) is 13.8 Å². The minimum Gasteiger partial charge on any atom is -0.457 e. The molecule has 0 amide bonds. The van der Waals surface area contributed by atoms with Crippen LogP contribution >= 0.6 is 7.82 Å². The van der Waals surface area contributed by atoms with Gasteiger partial charge in [-0.2, -0.15) is 0 Å². The smallest absolute Gasteiger partial charge is 0.457 e. The van der Waals surface area contributed by atoms with Crippen molar-refractivity contribution in [3.05, 3.63) is 24.3 Å². The Labute approximate surface area is 338 Å². The van der Waals surface area contributed by atoms with Crippen LogP contribution in [0.4, 0.5) is 0 Å². The number of phosphoric ester groups is 1. The minimum atomic E-state index is -4.52. The Morgan fingerprint density at radius 2 is 0.982 bits per heavy atom. The number of phosphoric acid groups is 1. The van der Waals surface area contributed by atoms with Crippen molar-refractivity contribution >= 4 is 13.8 Å². The number of aliphatic hydroxyl groups excluding tert-OH is 2. The highest BCUT2D eigenvalue weighted by Crippen LogP contribution is 2.43. The third kappa shape index (κ3) is 42.4. The average molecular weight is 803 g/mol. The lowest BCUT2D eigenvalue weighted by molar-refractivity contribution is -0.154. The second-order valence-electron chi connectivity index (χ2n) is 15.4. The van der Waals surface area contributed by atoms with Gasteiger partial charge >= 0.3 is 13.8 Å². The van der Waals surface area contributed by atoms with Crippen LogP contribution in [0.15, 0.2) is 24.3 Å². The molecule has 0 saturated carbocycles. The summed E-state index contributed by atoms with van der Waals surface area (Å²) in [7, 11) is -4.52. The van der Waals surface area contributed by atoms with E-state index < -0.39 is 33.2 Å². The Kier molecular flexibility index (Phi) is 41.7. The van der Waals surface area contributed by atoms with Crippen LogP contribution in [0.2, 0.25) is 0 Å². The van der Waals surface area contributed by atoms with Gasteiger partial charge in [-0.15, -0.1) is 0 Å². The van der Waals surface area contributed by atoms with Crippen molar-refractivity contribution in [3.63, 3.8) is 0 Å². The number of rotatable bonds is 44. The van der Waals surface area contributed by atoms with Gasteiger partial charge in [0.1, 0.15) is 12.2 Å². The van der Waals surface area contributed by atoms with Crippen molar-refractivity contribution in [2.24, 2.45) is 0 Å². The molecule has 0 spiro atoms. The summed E-state index contributed by atoms with van der Waals surface area (Å²) >= 11 is 0. The first kappa shape index (κ1) is 53.9. The number of carbonyl (C=O) groups excluding carboxylic acids is 1. The predicted octanol–water partition coefficient (Wildman–Crippen LogP) is 12.6. The van der Waals surface area contributed by atoms with E-state index in [0.717, 1.165) is 51.4 Å². The molecule has 55 heavy (non-hydrogen) atoms. The Hall–Kier alpha value is -1.06. The largest absolute Gasteiger partial charge is 0.472 e. The monoisotopic (exact) mass is 803 g/mol. The molecular formula is C45H87O9P. The molecule has 10 heteroatoms. The summed E-state index contributed by atoms with van der Waals surface area (Å²) in [6.07, 6.45) is 44.1. The fourth-order valence-corrected chi connectivity index (χ4v) is 7.18. The predicted molar refractivity (Wildman–Crippen MR) is 228 cm³/mol. The molecule has 3 atom stereocenters. The standard InChI is InChI=1S/C45H87O9P/c1-3-5-7-9-11-13-15-17-19-21-22-23-25-27-29-31-33-35-37-45(48)54-44(42-53-55(49,50)52-40-43(47)39-46)41-51-38-36-34-32-30-28-26-24-20-18-16-14-12-10-8-6-4-2/h13,15,19,21,43-44,46-47H,3-12,14,16-18,20,22-42H2,1-2H3,(H,49,50)/b15-13-,21-19-. The fourth-order valence-electron chi connectivity index (χ4n) is 6.39. The molecule has 0 aliphatic rings. The number of hydrogen-bond donors (Lipinski definition) is 3. The summed E-state index contributed by atoms with van der Waals surface area (Å²) in [5.41, 5.74) is 0. The van der Waals surface area contributed by atoms with Gasteiger partial charge in [-0.05, 0) is 44.9 Å². The Balaban J connectivity index is 4.14. The third-order valence-corrected chi connectivity index (χ3v) is 10.8. The van der Waals surface area contributed by atoms with Crippen molar-refractivity contribution in [3.8, 4) is 0 Å². The van der Waals surface area contributed by atoms with Crippen molar-refractivity contribution in [1.82, 2.24) is 0 Å². The average Bonchev–Trinajstić information content (AvgIpc) is 3.18. The summed E-state index contributed by atoms with van der Waals surface area (Å²) in [4.78, 5) is 22.6. The van der Waals surface area contributed by atoms with Gasteiger partial charge in [0.05, 0.1) is 26.4 Å². The molecule has 0 aromatic carbocycles. The summed E-state index contributed by atoms with van der Waals surface area (Å²) < 4.78 is 33.4. The van der Waals surface area contributed by atoms with Gasteiger partial charge in [0.25, 0.3) is 0 Å². The maximum Gasteiger partial charge on any atom is 0.472 e. The zero-order valence-corrected chi connectivity index (χ0v) is 36.6. The highest BCUT2D eigenvalue weighted by atomic mass is 31.2. The first-order valence-corrected chi connectivity index (χ1v) is 24.3. The highest BCUT2D eigenvalue weighted by Gasteiger charge is 2.26.